The number of carbonyl (C=O) groups excluding carboxylic acids is 3. The van der Waals surface area contributed by atoms with Gasteiger partial charge in [0.15, 0.2) is 0 Å². The zero-order valence-electron chi connectivity index (χ0n) is 15.5. The molecule has 0 aliphatic carbocycles. The molecule has 1 atom stereocenters. The third-order valence-electron chi connectivity index (χ3n) is 3.56. The Morgan fingerprint density at radius 3 is 2.12 bits per heavy atom. The highest BCUT2D eigenvalue weighted by molar-refractivity contribution is 14.2. The second-order valence-corrected chi connectivity index (χ2v) is 8.92. The van der Waals surface area contributed by atoms with Crippen LogP contribution in [0, 0.1) is 0 Å². The molecule has 1 aliphatic heterocycles. The Morgan fingerprint density at radius 1 is 1.23 bits per heavy atom. The van der Waals surface area contributed by atoms with Gasteiger partial charge in [-0.2, -0.15) is 0 Å². The van der Waals surface area contributed by atoms with Crippen LogP contribution in [0.1, 0.15) is 54.3 Å². The van der Waals surface area contributed by atoms with Crippen LogP contribution in [-0.2, 0) is 9.53 Å². The maximum atomic E-state index is 12.1. The van der Waals surface area contributed by atoms with E-state index in [1.165, 1.54) is 4.90 Å². The van der Waals surface area contributed by atoms with E-state index in [2.05, 4.69) is 31.3 Å². The van der Waals surface area contributed by atoms with Crippen molar-refractivity contribution in [2.24, 2.45) is 0 Å². The van der Waals surface area contributed by atoms with Crippen LogP contribution >= 0.6 is 30.1 Å². The molecule has 0 radical (unpaired) electrons. The van der Waals surface area contributed by atoms with E-state index >= 15 is 0 Å². The summed E-state index contributed by atoms with van der Waals surface area (Å²) in [5.74, 6) is -0.326. The second kappa shape index (κ2) is 10.9. The Balaban J connectivity index is 0.000000412. The normalized spacial score (nSPS) is 14.4. The molecule has 0 bridgehead atoms. The van der Waals surface area contributed by atoms with Gasteiger partial charge in [0.2, 0.25) is 0 Å². The van der Waals surface area contributed by atoms with Crippen molar-refractivity contribution in [1.82, 2.24) is 10.2 Å². The summed E-state index contributed by atoms with van der Waals surface area (Å²) in [6.07, 6.45) is 1.74. The number of ether oxygens (including phenoxy) is 1. The van der Waals surface area contributed by atoms with Gasteiger partial charge in [-0.1, -0.05) is 21.1 Å². The van der Waals surface area contributed by atoms with E-state index in [-0.39, 0.29) is 17.4 Å². The van der Waals surface area contributed by atoms with Crippen molar-refractivity contribution >= 4 is 48.4 Å². The molecule has 2 rings (SSSR count). The van der Waals surface area contributed by atoms with Crippen molar-refractivity contribution in [3.05, 3.63) is 35.4 Å². The summed E-state index contributed by atoms with van der Waals surface area (Å²) >= 11 is 2.25. The average Bonchev–Trinajstić information content (AvgIpc) is 2.83. The van der Waals surface area contributed by atoms with Crippen LogP contribution in [0.2, 0.25) is 0 Å². The van der Waals surface area contributed by atoms with Gasteiger partial charge in [0.25, 0.3) is 18.3 Å². The zero-order chi connectivity index (χ0) is 19.7. The third-order valence-corrected chi connectivity index (χ3v) is 6.09. The molecule has 2 amide bonds. The number of imide groups is 1. The van der Waals surface area contributed by atoms with Gasteiger partial charge in [0, 0.05) is 6.54 Å². The minimum absolute atomic E-state index is 0.163. The molecule has 0 saturated carbocycles. The number of hydrogen-bond acceptors (Lipinski definition) is 6. The lowest BCUT2D eigenvalue weighted by Crippen LogP contribution is -2.31. The fraction of sp³-hybridized carbons (Fsp3) is 0.500. The molecule has 1 aliphatic rings. The van der Waals surface area contributed by atoms with Crippen LogP contribution in [0.25, 0.3) is 0 Å². The van der Waals surface area contributed by atoms with Gasteiger partial charge >= 0.3 is 0 Å². The smallest absolute Gasteiger partial charge is 0.293 e. The van der Waals surface area contributed by atoms with Crippen LogP contribution < -0.4 is 5.32 Å². The molecule has 1 aromatic rings. The number of benzene rings is 1. The Labute approximate surface area is 171 Å². The second-order valence-electron chi connectivity index (χ2n) is 6.64. The maximum absolute atomic E-state index is 12.1. The maximum Gasteiger partial charge on any atom is 0.293 e. The Kier molecular flexibility index (Phi) is 9.59. The van der Waals surface area contributed by atoms with Crippen molar-refractivity contribution in [2.75, 3.05) is 13.6 Å². The van der Waals surface area contributed by atoms with Crippen LogP contribution in [-0.4, -0.2) is 47.8 Å². The summed E-state index contributed by atoms with van der Waals surface area (Å²) in [7, 11) is 3.63. The number of nitrogens with one attached hydrogen (secondary N) is 1. The number of halogens is 1. The molecule has 0 spiro atoms. The van der Waals surface area contributed by atoms with Gasteiger partial charge in [0.1, 0.15) is 5.60 Å². The first-order valence-electron chi connectivity index (χ1n) is 8.26. The van der Waals surface area contributed by atoms with E-state index in [0.717, 1.165) is 12.8 Å². The number of fused-ring (bicyclic) bond motifs is 1. The van der Waals surface area contributed by atoms with E-state index in [1.807, 2.05) is 27.8 Å². The number of hydrogen-bond donors (Lipinski definition) is 1. The number of rotatable bonds is 7. The van der Waals surface area contributed by atoms with E-state index < -0.39 is 0 Å². The molecule has 6 nitrogen and oxygen atoms in total. The van der Waals surface area contributed by atoms with Crippen LogP contribution in [0.4, 0.5) is 0 Å². The standard InChI is InChI=1S/C13H15IN2O2S.C5H10O2/c1-15-11(19-14)7-4-8-16-12(17)9-5-2-3-6-10(9)13(16)18;1-5(2,3)7-4-6/h2-3,5-6,11,15H,4,7-8H2,1H3;4H,1-3H3. The van der Waals surface area contributed by atoms with E-state index in [9.17, 15) is 14.4 Å². The van der Waals surface area contributed by atoms with Gasteiger partial charge < -0.3 is 10.1 Å². The van der Waals surface area contributed by atoms with Gasteiger partial charge in [-0.15, -0.1) is 0 Å². The molecule has 1 heterocycles. The van der Waals surface area contributed by atoms with Gasteiger partial charge in [0.05, 0.1) is 16.5 Å². The highest BCUT2D eigenvalue weighted by atomic mass is 127. The molecule has 1 unspecified atom stereocenters. The summed E-state index contributed by atoms with van der Waals surface area (Å²) in [5.41, 5.74) is 0.740. The van der Waals surface area contributed by atoms with Gasteiger partial charge in [-0.05, 0) is 74.0 Å². The van der Waals surface area contributed by atoms with Crippen molar-refractivity contribution in [3.8, 4) is 0 Å². The summed E-state index contributed by atoms with van der Waals surface area (Å²) in [6, 6.07) is 7.01. The first-order valence-corrected chi connectivity index (χ1v) is 11.7. The van der Waals surface area contributed by atoms with Gasteiger partial charge in [-0.3, -0.25) is 19.3 Å². The highest BCUT2D eigenvalue weighted by Crippen LogP contribution is 2.24. The minimum Gasteiger partial charge on any atom is -0.462 e. The molecule has 0 aromatic heterocycles. The van der Waals surface area contributed by atoms with Crippen LogP contribution in [0.15, 0.2) is 24.3 Å². The molecule has 144 valence electrons. The summed E-state index contributed by atoms with van der Waals surface area (Å²) in [5, 5.41) is 3.54. The molecule has 0 saturated heterocycles. The molecule has 26 heavy (non-hydrogen) atoms. The predicted molar refractivity (Wildman–Crippen MR) is 112 cm³/mol. The van der Waals surface area contributed by atoms with E-state index in [4.69, 9.17) is 0 Å². The zero-order valence-corrected chi connectivity index (χ0v) is 18.4. The van der Waals surface area contributed by atoms with Crippen LogP contribution in [0.5, 0.6) is 0 Å². The van der Waals surface area contributed by atoms with E-state index in [1.54, 1.807) is 33.2 Å². The predicted octanol–water partition coefficient (Wildman–Crippen LogP) is 3.65. The Morgan fingerprint density at radius 2 is 1.77 bits per heavy atom. The molecular formula is C18H25IN2O4S. The topological polar surface area (TPSA) is 75.7 Å². The highest BCUT2D eigenvalue weighted by Gasteiger charge is 2.34. The minimum atomic E-state index is -0.318. The van der Waals surface area contributed by atoms with Crippen molar-refractivity contribution in [2.45, 2.75) is 44.6 Å². The lowest BCUT2D eigenvalue weighted by Gasteiger charge is -2.16. The monoisotopic (exact) mass is 492 g/mol. The van der Waals surface area contributed by atoms with Crippen molar-refractivity contribution in [1.29, 1.82) is 0 Å². The summed E-state index contributed by atoms with van der Waals surface area (Å²) < 4.78 is 4.55. The molecular weight excluding hydrogens is 467 g/mol. The fourth-order valence-electron chi connectivity index (χ4n) is 2.25. The number of amides is 2. The fourth-order valence-corrected chi connectivity index (χ4v) is 4.13. The average molecular weight is 492 g/mol. The Hall–Kier alpha value is -1.13. The summed E-state index contributed by atoms with van der Waals surface area (Å²) in [6.45, 7) is 6.41. The number of carbonyl (C=O) groups is 3. The van der Waals surface area contributed by atoms with Crippen molar-refractivity contribution < 1.29 is 19.1 Å². The Bertz CT molecular complexity index is 595. The summed E-state index contributed by atoms with van der Waals surface area (Å²) in [4.78, 5) is 35.2. The molecule has 8 heteroatoms. The SMILES string of the molecule is CC(C)(C)OC=O.CNC(CCCN1C(=O)c2ccccc2C1=O)SI. The number of nitrogens with zero attached hydrogens (tertiary/aromatic N) is 1. The largest absolute Gasteiger partial charge is 0.462 e. The lowest BCUT2D eigenvalue weighted by molar-refractivity contribution is -0.138. The van der Waals surface area contributed by atoms with E-state index in [0.29, 0.717) is 29.5 Å². The molecule has 1 aromatic carbocycles. The molecule has 0 fully saturated rings. The first-order chi connectivity index (χ1) is 12.2. The first kappa shape index (κ1) is 22.9. The van der Waals surface area contributed by atoms with Gasteiger partial charge in [-0.25, -0.2) is 0 Å². The quantitative estimate of drug-likeness (QED) is 0.271. The third kappa shape index (κ3) is 6.88. The van der Waals surface area contributed by atoms with Crippen LogP contribution in [0.3, 0.4) is 0 Å². The molecule has 1 N–H and O–H groups in total. The lowest BCUT2D eigenvalue weighted by atomic mass is 10.1. The van der Waals surface area contributed by atoms with Crippen molar-refractivity contribution in [3.63, 3.8) is 0 Å².